The van der Waals surface area contributed by atoms with Crippen molar-refractivity contribution in [3.63, 3.8) is 0 Å². The summed E-state index contributed by atoms with van der Waals surface area (Å²) in [5.41, 5.74) is 0. The molecule has 2 fully saturated rings. The Morgan fingerprint density at radius 3 is 1.46 bits per heavy atom. The number of rotatable bonds is 12. The van der Waals surface area contributed by atoms with Crippen LogP contribution in [-0.4, -0.2) is 179 Å². The SMILES string of the molecule is CSC1CC(=O)N(CCNC(=O)CN2CCN(CC(=O)O)CCN(CC(=O)O)CCN(CC(=O)O)CC2)C1=O. The van der Waals surface area contributed by atoms with E-state index in [1.165, 1.54) is 11.8 Å². The number of nitrogens with one attached hydrogen (secondary N) is 1. The Morgan fingerprint density at radius 2 is 1.13 bits per heavy atom. The lowest BCUT2D eigenvalue weighted by molar-refractivity contribution is -0.140. The Morgan fingerprint density at radius 1 is 0.744 bits per heavy atom. The molecule has 15 nitrogen and oxygen atoms in total. The van der Waals surface area contributed by atoms with Crippen LogP contribution in [0.4, 0.5) is 0 Å². The number of nitrogens with zero attached hydrogens (tertiary/aromatic N) is 5. The second kappa shape index (κ2) is 16.3. The quantitative estimate of drug-likeness (QED) is 0.173. The molecule has 0 radical (unpaired) electrons. The second-order valence-electron chi connectivity index (χ2n) is 9.45. The Kier molecular flexibility index (Phi) is 13.6. The third-order valence-corrected chi connectivity index (χ3v) is 7.46. The third kappa shape index (κ3) is 11.9. The minimum absolute atomic E-state index is 0.0394. The number of hydrogen-bond acceptors (Lipinski definition) is 11. The first-order valence-corrected chi connectivity index (χ1v) is 14.0. The number of carboxylic acid groups (broad SMARTS) is 3. The molecule has 2 aliphatic heterocycles. The fourth-order valence-corrected chi connectivity index (χ4v) is 5.06. The minimum atomic E-state index is -1.03. The van der Waals surface area contributed by atoms with Crippen LogP contribution in [0.3, 0.4) is 0 Å². The van der Waals surface area contributed by atoms with E-state index >= 15 is 0 Å². The van der Waals surface area contributed by atoms with Crippen LogP contribution in [0, 0.1) is 0 Å². The largest absolute Gasteiger partial charge is 0.480 e. The van der Waals surface area contributed by atoms with E-state index in [-0.39, 0.29) is 89.6 Å². The predicted molar refractivity (Wildman–Crippen MR) is 140 cm³/mol. The summed E-state index contributed by atoms with van der Waals surface area (Å²) in [6.07, 6.45) is 1.91. The van der Waals surface area contributed by atoms with Crippen molar-refractivity contribution in [3.05, 3.63) is 0 Å². The molecule has 1 atom stereocenters. The van der Waals surface area contributed by atoms with E-state index in [1.807, 2.05) is 0 Å². The molecule has 0 aromatic heterocycles. The monoisotopic (exact) mass is 574 g/mol. The van der Waals surface area contributed by atoms with Crippen LogP contribution in [0.15, 0.2) is 0 Å². The van der Waals surface area contributed by atoms with Gasteiger partial charge in [0.2, 0.25) is 17.7 Å². The number of carbonyl (C=O) groups is 6. The zero-order valence-corrected chi connectivity index (χ0v) is 22.9. The number of amides is 3. The van der Waals surface area contributed by atoms with Gasteiger partial charge in [-0.15, -0.1) is 0 Å². The van der Waals surface area contributed by atoms with E-state index in [2.05, 4.69) is 5.32 Å². The van der Waals surface area contributed by atoms with E-state index in [9.17, 15) is 44.1 Å². The first-order chi connectivity index (χ1) is 18.5. The Bertz CT molecular complexity index is 875. The standard InChI is InChI=1S/C23H38N6O9S/c1-39-17-12-19(31)29(23(17)38)3-2-24-18(30)13-25-4-6-26(14-20(32)33)8-10-28(16-22(36)37)11-9-27(7-5-25)15-21(34)35/h17H,2-16H2,1H3,(H,24,30)(H,32,33)(H,34,35)(H,36,37). The average molecular weight is 575 g/mol. The van der Waals surface area contributed by atoms with E-state index in [0.29, 0.717) is 26.2 Å². The summed E-state index contributed by atoms with van der Waals surface area (Å²) < 4.78 is 0. The average Bonchev–Trinajstić information content (AvgIpc) is 3.12. The van der Waals surface area contributed by atoms with Gasteiger partial charge >= 0.3 is 17.9 Å². The van der Waals surface area contributed by atoms with Crippen molar-refractivity contribution < 1.29 is 44.1 Å². The van der Waals surface area contributed by atoms with Crippen molar-refractivity contribution in [2.45, 2.75) is 11.7 Å². The van der Waals surface area contributed by atoms with Crippen molar-refractivity contribution in [2.75, 3.05) is 97.9 Å². The van der Waals surface area contributed by atoms with Crippen LogP contribution in [0.2, 0.25) is 0 Å². The molecule has 4 N–H and O–H groups in total. The number of thioether (sulfide) groups is 1. The van der Waals surface area contributed by atoms with Crippen LogP contribution in [0.1, 0.15) is 6.42 Å². The zero-order chi connectivity index (χ0) is 28.9. The molecule has 39 heavy (non-hydrogen) atoms. The van der Waals surface area contributed by atoms with Gasteiger partial charge in [-0.2, -0.15) is 11.8 Å². The molecule has 2 heterocycles. The highest BCUT2D eigenvalue weighted by atomic mass is 32.2. The summed E-state index contributed by atoms with van der Waals surface area (Å²) in [5.74, 6) is -3.96. The van der Waals surface area contributed by atoms with Gasteiger partial charge < -0.3 is 20.6 Å². The van der Waals surface area contributed by atoms with Gasteiger partial charge in [0, 0.05) is 71.9 Å². The van der Waals surface area contributed by atoms with Gasteiger partial charge in [-0.05, 0) is 6.26 Å². The molecule has 2 aliphatic rings. The molecule has 3 amide bonds. The van der Waals surface area contributed by atoms with Gasteiger partial charge in [-0.25, -0.2) is 0 Å². The molecule has 0 bridgehead atoms. The number of hydrogen-bond donors (Lipinski definition) is 4. The number of imide groups is 1. The van der Waals surface area contributed by atoms with Crippen molar-refractivity contribution in [2.24, 2.45) is 0 Å². The molecular formula is C23H38N6O9S. The minimum Gasteiger partial charge on any atom is -0.480 e. The Labute approximate surface area is 231 Å². The first-order valence-electron chi connectivity index (χ1n) is 12.7. The first kappa shape index (κ1) is 32.4. The lowest BCUT2D eigenvalue weighted by Crippen LogP contribution is -2.50. The van der Waals surface area contributed by atoms with Gasteiger partial charge in [0.25, 0.3) is 0 Å². The molecule has 1 unspecified atom stereocenters. The van der Waals surface area contributed by atoms with Crippen molar-refractivity contribution in [3.8, 4) is 0 Å². The van der Waals surface area contributed by atoms with Crippen LogP contribution in [0.5, 0.6) is 0 Å². The number of aliphatic carboxylic acids is 3. The van der Waals surface area contributed by atoms with Gasteiger partial charge in [0.05, 0.1) is 31.4 Å². The molecule has 16 heteroatoms. The normalized spacial score (nSPS) is 21.4. The predicted octanol–water partition coefficient (Wildman–Crippen LogP) is -2.93. The molecule has 2 rings (SSSR count). The summed E-state index contributed by atoms with van der Waals surface area (Å²) in [6.45, 7) is 1.76. The van der Waals surface area contributed by atoms with Gasteiger partial charge in [0.15, 0.2) is 0 Å². The molecule has 0 aromatic rings. The van der Waals surface area contributed by atoms with Crippen LogP contribution in [0.25, 0.3) is 0 Å². The summed E-state index contributed by atoms with van der Waals surface area (Å²) in [6, 6.07) is 0. The van der Waals surface area contributed by atoms with Gasteiger partial charge in [0.1, 0.15) is 0 Å². The molecule has 0 aromatic carbocycles. The highest BCUT2D eigenvalue weighted by molar-refractivity contribution is 8.00. The Balaban J connectivity index is 2.01. The van der Waals surface area contributed by atoms with E-state index in [0.717, 1.165) is 4.90 Å². The van der Waals surface area contributed by atoms with Crippen LogP contribution >= 0.6 is 11.8 Å². The molecule has 220 valence electrons. The topological polar surface area (TPSA) is 191 Å². The highest BCUT2D eigenvalue weighted by Crippen LogP contribution is 2.22. The molecule has 2 saturated heterocycles. The fourth-order valence-electron chi connectivity index (χ4n) is 4.42. The maximum Gasteiger partial charge on any atom is 0.317 e. The maximum atomic E-state index is 12.7. The molecule has 0 saturated carbocycles. The summed E-state index contributed by atoms with van der Waals surface area (Å²) >= 11 is 1.31. The number of carboxylic acids is 3. The van der Waals surface area contributed by atoms with E-state index in [4.69, 9.17) is 0 Å². The van der Waals surface area contributed by atoms with Crippen LogP contribution < -0.4 is 5.32 Å². The van der Waals surface area contributed by atoms with E-state index < -0.39 is 23.2 Å². The number of likely N-dealkylation sites (tertiary alicyclic amines) is 1. The third-order valence-electron chi connectivity index (χ3n) is 6.52. The molecule has 0 aliphatic carbocycles. The van der Waals surface area contributed by atoms with Crippen molar-refractivity contribution in [1.29, 1.82) is 0 Å². The summed E-state index contributed by atoms with van der Waals surface area (Å²) in [4.78, 5) is 79.0. The summed E-state index contributed by atoms with van der Waals surface area (Å²) in [7, 11) is 0. The smallest absolute Gasteiger partial charge is 0.317 e. The van der Waals surface area contributed by atoms with Crippen LogP contribution in [-0.2, 0) is 28.8 Å². The Hall–Kier alpha value is -2.79. The second-order valence-corrected chi connectivity index (χ2v) is 10.5. The maximum absolute atomic E-state index is 12.7. The van der Waals surface area contributed by atoms with E-state index in [1.54, 1.807) is 25.9 Å². The zero-order valence-electron chi connectivity index (χ0n) is 22.1. The highest BCUT2D eigenvalue weighted by Gasteiger charge is 2.37. The molecular weight excluding hydrogens is 536 g/mol. The lowest BCUT2D eigenvalue weighted by atomic mass is 10.3. The lowest BCUT2D eigenvalue weighted by Gasteiger charge is -2.32. The summed E-state index contributed by atoms with van der Waals surface area (Å²) in [5, 5.41) is 30.2. The fraction of sp³-hybridized carbons (Fsp3) is 0.739. The number of carbonyl (C=O) groups excluding carboxylic acids is 3. The van der Waals surface area contributed by atoms with Crippen molar-refractivity contribution in [1.82, 2.24) is 29.8 Å². The van der Waals surface area contributed by atoms with Gasteiger partial charge in [-0.1, -0.05) is 0 Å². The molecule has 0 spiro atoms. The van der Waals surface area contributed by atoms with Crippen molar-refractivity contribution >= 4 is 47.4 Å². The van der Waals surface area contributed by atoms with Gasteiger partial charge in [-0.3, -0.25) is 53.3 Å².